The predicted octanol–water partition coefficient (Wildman–Crippen LogP) is 2.42. The highest BCUT2D eigenvalue weighted by atomic mass is 79.9. The maximum atomic E-state index is 11.9. The fourth-order valence-electron chi connectivity index (χ4n) is 1.58. The topological polar surface area (TPSA) is 12.5 Å². The van der Waals surface area contributed by atoms with Gasteiger partial charge in [0.25, 0.3) is 0 Å². The van der Waals surface area contributed by atoms with Crippen LogP contribution in [0, 0.1) is 0 Å². The second-order valence-corrected chi connectivity index (χ2v) is 4.31. The molecule has 1 rings (SSSR count). The molecule has 0 aromatic rings. The Bertz CT molecular complexity index is 189. The number of alkyl halides is 4. The van der Waals surface area contributed by atoms with Crippen LogP contribution in [0.1, 0.15) is 12.8 Å². The highest BCUT2D eigenvalue weighted by Gasteiger charge is 2.27. The summed E-state index contributed by atoms with van der Waals surface area (Å²) in [6.07, 6.45) is -4.42. The van der Waals surface area contributed by atoms with Gasteiger partial charge in [-0.25, -0.2) is 0 Å². The van der Waals surface area contributed by atoms with Gasteiger partial charge < -0.3 is 4.74 Å². The number of rotatable bonds is 4. The summed E-state index contributed by atoms with van der Waals surface area (Å²) in [5.74, 6) is 0. The molecule has 0 saturated carbocycles. The summed E-state index contributed by atoms with van der Waals surface area (Å²) in [6, 6.07) is 0. The van der Waals surface area contributed by atoms with Gasteiger partial charge in [0.15, 0.2) is 0 Å². The van der Waals surface area contributed by atoms with E-state index in [9.17, 15) is 13.2 Å². The van der Waals surface area contributed by atoms with Crippen molar-refractivity contribution in [3.63, 3.8) is 0 Å². The van der Waals surface area contributed by atoms with Crippen LogP contribution in [-0.4, -0.2) is 48.8 Å². The monoisotopic (exact) mass is 289 g/mol. The molecule has 15 heavy (non-hydrogen) atoms. The van der Waals surface area contributed by atoms with Crippen molar-refractivity contribution in [3.8, 4) is 0 Å². The van der Waals surface area contributed by atoms with Gasteiger partial charge in [0.1, 0.15) is 0 Å². The van der Waals surface area contributed by atoms with Crippen molar-refractivity contribution >= 4 is 15.9 Å². The Morgan fingerprint density at radius 2 is 2.13 bits per heavy atom. The first-order chi connectivity index (χ1) is 7.01. The van der Waals surface area contributed by atoms with Gasteiger partial charge in [-0.05, 0) is 13.0 Å². The van der Waals surface area contributed by atoms with Gasteiger partial charge in [0.05, 0.1) is 12.7 Å². The molecule has 1 heterocycles. The van der Waals surface area contributed by atoms with Crippen molar-refractivity contribution in [3.05, 3.63) is 0 Å². The summed E-state index contributed by atoms with van der Waals surface area (Å²) in [5, 5.41) is 0.739. The molecule has 1 aliphatic heterocycles. The summed E-state index contributed by atoms with van der Waals surface area (Å²) >= 11 is 3.31. The number of nitrogens with zero attached hydrogens (tertiary/aromatic N) is 1. The summed E-state index contributed by atoms with van der Waals surface area (Å²) in [7, 11) is 0. The molecule has 0 amide bonds. The van der Waals surface area contributed by atoms with Crippen LogP contribution in [0.3, 0.4) is 0 Å². The van der Waals surface area contributed by atoms with Crippen LogP contribution in [0.2, 0.25) is 0 Å². The van der Waals surface area contributed by atoms with Crippen LogP contribution < -0.4 is 0 Å². The van der Waals surface area contributed by atoms with E-state index in [2.05, 4.69) is 15.9 Å². The third-order valence-electron chi connectivity index (χ3n) is 2.33. The molecule has 1 atom stereocenters. The number of hydrogen-bond acceptors (Lipinski definition) is 2. The highest BCUT2D eigenvalue weighted by molar-refractivity contribution is 9.09. The predicted molar refractivity (Wildman–Crippen MR) is 55.3 cm³/mol. The van der Waals surface area contributed by atoms with Crippen molar-refractivity contribution in [2.45, 2.75) is 25.1 Å². The van der Waals surface area contributed by atoms with Crippen LogP contribution in [0.5, 0.6) is 0 Å². The van der Waals surface area contributed by atoms with E-state index >= 15 is 0 Å². The Hall–Kier alpha value is 0.190. The van der Waals surface area contributed by atoms with Gasteiger partial charge >= 0.3 is 6.18 Å². The molecule has 1 fully saturated rings. The van der Waals surface area contributed by atoms with Crippen molar-refractivity contribution < 1.29 is 17.9 Å². The molecule has 90 valence electrons. The quantitative estimate of drug-likeness (QED) is 0.737. The lowest BCUT2D eigenvalue weighted by Crippen LogP contribution is -2.43. The van der Waals surface area contributed by atoms with E-state index in [4.69, 9.17) is 4.74 Å². The third-order valence-corrected chi connectivity index (χ3v) is 3.05. The molecule has 1 aliphatic rings. The maximum Gasteiger partial charge on any atom is 0.389 e. The molecule has 0 aliphatic carbocycles. The summed E-state index contributed by atoms with van der Waals surface area (Å²) in [5.41, 5.74) is 0. The first kappa shape index (κ1) is 13.3. The van der Waals surface area contributed by atoms with E-state index in [1.54, 1.807) is 0 Å². The zero-order valence-electron chi connectivity index (χ0n) is 8.39. The van der Waals surface area contributed by atoms with Gasteiger partial charge in [0.2, 0.25) is 0 Å². The van der Waals surface area contributed by atoms with Gasteiger partial charge in [-0.15, -0.1) is 0 Å². The Kier molecular flexibility index (Phi) is 5.35. The Morgan fingerprint density at radius 3 is 2.73 bits per heavy atom. The summed E-state index contributed by atoms with van der Waals surface area (Å²) in [4.78, 5) is 2.03. The third kappa shape index (κ3) is 5.73. The standard InChI is InChI=1S/C9H15BrF3NO/c10-6-8-7-14(4-5-15-8)3-1-2-9(11,12)13/h8H,1-7H2. The average molecular weight is 290 g/mol. The molecule has 0 aromatic heterocycles. The SMILES string of the molecule is FC(F)(F)CCCN1CCOC(CBr)C1. The Morgan fingerprint density at radius 1 is 1.40 bits per heavy atom. The van der Waals surface area contributed by atoms with Crippen molar-refractivity contribution in [1.29, 1.82) is 0 Å². The van der Waals surface area contributed by atoms with Crippen LogP contribution in [0.4, 0.5) is 13.2 Å². The van der Waals surface area contributed by atoms with Crippen molar-refractivity contribution in [1.82, 2.24) is 4.90 Å². The molecule has 0 radical (unpaired) electrons. The van der Waals surface area contributed by atoms with Crippen LogP contribution in [0.15, 0.2) is 0 Å². The lowest BCUT2D eigenvalue weighted by Gasteiger charge is -2.32. The Balaban J connectivity index is 2.15. The van der Waals surface area contributed by atoms with E-state index in [0.717, 1.165) is 18.4 Å². The number of hydrogen-bond donors (Lipinski definition) is 0. The number of halogens is 4. The molecule has 0 aromatic carbocycles. The van der Waals surface area contributed by atoms with Gasteiger partial charge in [-0.2, -0.15) is 13.2 Å². The minimum absolute atomic E-state index is 0.115. The molecule has 0 N–H and O–H groups in total. The smallest absolute Gasteiger partial charge is 0.375 e. The first-order valence-electron chi connectivity index (χ1n) is 4.98. The van der Waals surface area contributed by atoms with Gasteiger partial charge in [0, 0.05) is 24.8 Å². The molecule has 6 heteroatoms. The molecule has 1 saturated heterocycles. The van der Waals surface area contributed by atoms with Crippen LogP contribution in [-0.2, 0) is 4.74 Å². The van der Waals surface area contributed by atoms with Gasteiger partial charge in [-0.3, -0.25) is 4.90 Å². The molecule has 0 spiro atoms. The fraction of sp³-hybridized carbons (Fsp3) is 1.00. The zero-order valence-corrected chi connectivity index (χ0v) is 9.98. The maximum absolute atomic E-state index is 11.9. The van der Waals surface area contributed by atoms with Crippen LogP contribution >= 0.6 is 15.9 Å². The van der Waals surface area contributed by atoms with Crippen molar-refractivity contribution in [2.24, 2.45) is 0 Å². The van der Waals surface area contributed by atoms with E-state index in [1.165, 1.54) is 0 Å². The lowest BCUT2D eigenvalue weighted by atomic mass is 10.2. The first-order valence-corrected chi connectivity index (χ1v) is 6.10. The number of ether oxygens (including phenoxy) is 1. The molecule has 2 nitrogen and oxygen atoms in total. The highest BCUT2D eigenvalue weighted by Crippen LogP contribution is 2.21. The van der Waals surface area contributed by atoms with E-state index < -0.39 is 12.6 Å². The van der Waals surface area contributed by atoms with E-state index in [0.29, 0.717) is 13.2 Å². The molecule has 1 unspecified atom stereocenters. The molecule has 0 bridgehead atoms. The lowest BCUT2D eigenvalue weighted by molar-refractivity contribution is -0.136. The zero-order chi connectivity index (χ0) is 11.3. The van der Waals surface area contributed by atoms with Gasteiger partial charge in [-0.1, -0.05) is 15.9 Å². The molecular formula is C9H15BrF3NO. The minimum Gasteiger partial charge on any atom is -0.375 e. The van der Waals surface area contributed by atoms with E-state index in [1.807, 2.05) is 4.90 Å². The second kappa shape index (κ2) is 6.06. The average Bonchev–Trinajstić information content (AvgIpc) is 2.16. The Labute approximate surface area is 95.9 Å². The van der Waals surface area contributed by atoms with E-state index in [-0.39, 0.29) is 12.5 Å². The van der Waals surface area contributed by atoms with Crippen LogP contribution in [0.25, 0.3) is 0 Å². The number of morpholine rings is 1. The summed E-state index contributed by atoms with van der Waals surface area (Å²) in [6.45, 7) is 2.58. The summed E-state index contributed by atoms with van der Waals surface area (Å²) < 4.78 is 41.1. The second-order valence-electron chi connectivity index (χ2n) is 3.67. The van der Waals surface area contributed by atoms with Crippen molar-refractivity contribution in [2.75, 3.05) is 31.6 Å². The molecular weight excluding hydrogens is 275 g/mol. The largest absolute Gasteiger partial charge is 0.389 e. The normalized spacial score (nSPS) is 24.4. The minimum atomic E-state index is -4.03. The fourth-order valence-corrected chi connectivity index (χ4v) is 1.97.